The summed E-state index contributed by atoms with van der Waals surface area (Å²) < 4.78 is 541. The molecule has 0 heterocycles. The van der Waals surface area contributed by atoms with E-state index in [1.165, 1.54) is 0 Å². The van der Waals surface area contributed by atoms with Crippen molar-refractivity contribution < 1.29 is 242 Å². The van der Waals surface area contributed by atoms with E-state index in [-0.39, 0.29) is 13.5 Å². The summed E-state index contributed by atoms with van der Waals surface area (Å²) in [6.45, 7) is 0.509. The molecule has 0 fully saturated rings. The number of hydrogen-bond donors (Lipinski definition) is 5. The van der Waals surface area contributed by atoms with E-state index in [1.807, 2.05) is 0 Å². The number of carbonyl (C=O) groups excluding carboxylic acids is 3. The summed E-state index contributed by atoms with van der Waals surface area (Å²) >= 11 is 0. The van der Waals surface area contributed by atoms with E-state index in [0.717, 1.165) is 0 Å². The predicted octanol–water partition coefficient (Wildman–Crippen LogP) is 12.7. The number of ether oxygens (including phenoxy) is 1. The van der Waals surface area contributed by atoms with Gasteiger partial charge in [0.1, 0.15) is 0 Å². The van der Waals surface area contributed by atoms with E-state index in [4.69, 9.17) is 25.5 Å². The fraction of sp³-hybridized carbons (Fsp3) is 0.833. The first kappa shape index (κ1) is 90.4. The minimum absolute atomic E-state index is 0. The Bertz CT molecular complexity index is 2070. The number of aliphatic hydroxyl groups excluding tert-OH is 1. The maximum absolute atomic E-state index is 13.8. The second kappa shape index (κ2) is 25.5. The van der Waals surface area contributed by atoms with Gasteiger partial charge in [-0.25, -0.2) is 4.79 Å². The molecular formula is C30H19F45O9. The van der Waals surface area contributed by atoms with Crippen LogP contribution < -0.4 is 0 Å². The van der Waals surface area contributed by atoms with Crippen molar-refractivity contribution in [2.75, 3.05) is 0 Å². The summed E-state index contributed by atoms with van der Waals surface area (Å²) in [5, 5.41) is 40.7. The Balaban J connectivity index is -0.000000234. The van der Waals surface area contributed by atoms with Gasteiger partial charge in [-0.2, -0.15) is 198 Å². The van der Waals surface area contributed by atoms with E-state index < -0.39 is 164 Å². The number of hydrogen-bond acceptors (Lipinski definition) is 9. The molecule has 0 aliphatic rings. The van der Waals surface area contributed by atoms with Crippen LogP contribution in [0, 0.1) is 0 Å². The summed E-state index contributed by atoms with van der Waals surface area (Å²) in [6.07, 6.45) is -90.9. The largest absolute Gasteiger partial charge is 0.459 e. The van der Waals surface area contributed by atoms with Crippen molar-refractivity contribution in [2.24, 2.45) is 0 Å². The molecule has 0 bridgehead atoms. The van der Waals surface area contributed by atoms with Crippen molar-refractivity contribution in [2.45, 2.75) is 153 Å². The molecule has 0 radical (unpaired) electrons. The van der Waals surface area contributed by atoms with E-state index in [2.05, 4.69) is 11.3 Å². The molecule has 0 aromatic rings. The maximum Gasteiger partial charge on any atom is 0.459 e. The summed E-state index contributed by atoms with van der Waals surface area (Å²) in [4.78, 5) is 30.0. The van der Waals surface area contributed by atoms with Crippen molar-refractivity contribution in [3.05, 3.63) is 12.7 Å². The average molecular weight is 1380 g/mol. The van der Waals surface area contributed by atoms with Gasteiger partial charge in [-0.1, -0.05) is 14.0 Å². The zero-order valence-corrected chi connectivity index (χ0v) is 36.7. The number of aliphatic hydroxyl groups is 5. The Morgan fingerprint density at radius 2 is 0.571 bits per heavy atom. The molecule has 0 aromatic heterocycles. The van der Waals surface area contributed by atoms with Crippen LogP contribution in [0.2, 0.25) is 0 Å². The van der Waals surface area contributed by atoms with E-state index in [1.54, 1.807) is 0 Å². The molecule has 84 heavy (non-hydrogen) atoms. The fourth-order valence-corrected chi connectivity index (χ4v) is 3.66. The van der Waals surface area contributed by atoms with Crippen LogP contribution in [0.1, 0.15) is 21.3 Å². The van der Waals surface area contributed by atoms with E-state index in [0.29, 0.717) is 0 Å². The van der Waals surface area contributed by atoms with Crippen LogP contribution in [0.15, 0.2) is 12.7 Å². The van der Waals surface area contributed by atoms with Gasteiger partial charge in [-0.3, -0.25) is 9.59 Å². The molecule has 9 nitrogen and oxygen atoms in total. The second-order valence-corrected chi connectivity index (χ2v) is 14.2. The predicted molar refractivity (Wildman–Crippen MR) is 166 cm³/mol. The third-order valence-corrected chi connectivity index (χ3v) is 8.28. The molecule has 0 spiro atoms. The van der Waals surface area contributed by atoms with Crippen molar-refractivity contribution in [3.63, 3.8) is 0 Å². The summed E-state index contributed by atoms with van der Waals surface area (Å²) in [6, 6.07) is 0. The van der Waals surface area contributed by atoms with Crippen molar-refractivity contribution in [1.82, 2.24) is 0 Å². The van der Waals surface area contributed by atoms with Crippen molar-refractivity contribution in [3.8, 4) is 0 Å². The Morgan fingerprint density at radius 1 is 0.357 bits per heavy atom. The number of carbonyl (C=O) groups is 3. The minimum Gasteiger partial charge on any atom is -0.440 e. The molecule has 0 aliphatic carbocycles. The van der Waals surface area contributed by atoms with Gasteiger partial charge in [0.2, 0.25) is 11.7 Å². The molecule has 508 valence electrons. The smallest absolute Gasteiger partial charge is 0.440 e. The highest BCUT2D eigenvalue weighted by Gasteiger charge is 2.92. The van der Waals surface area contributed by atoms with Gasteiger partial charge in [0.15, 0.2) is 0 Å². The Hall–Kier alpha value is -4.80. The van der Waals surface area contributed by atoms with Crippen molar-refractivity contribution in [1.29, 1.82) is 0 Å². The monoisotopic (exact) mass is 1380 g/mol. The van der Waals surface area contributed by atoms with Crippen LogP contribution in [0.3, 0.4) is 0 Å². The van der Waals surface area contributed by atoms with Gasteiger partial charge >= 0.3 is 132 Å². The van der Waals surface area contributed by atoms with Crippen LogP contribution >= 0.6 is 0 Å². The number of halogens is 45. The average Bonchev–Trinajstić information content (AvgIpc) is 3.17. The fourth-order valence-electron chi connectivity index (χ4n) is 3.66. The van der Waals surface area contributed by atoms with Gasteiger partial charge in [0, 0.05) is 6.08 Å². The highest BCUT2D eigenvalue weighted by Crippen LogP contribution is 2.61. The molecule has 2 unspecified atom stereocenters. The Labute approximate surface area is 427 Å². The SMILES string of the molecule is C.C=CC(=O)OC(C)(C(F)(F)F)C(F)(F)C(O)(C(F)(F)F)C(F)(F)F.CC(O)(C(F)(F)F)C(F)(F)C(O)(C(F)(F)F)C(F)(F)F.O=C(C(F)(F)F)C(F)(F)C(O)(C(F)(F)F)C(F)(F)F.O=C(C(F)(F)F)C(F)(F)F.OC(C(F)(F)F)C(F)(F)F. The number of alkyl halides is 45. The quantitative estimate of drug-likeness (QED) is 0.0905. The lowest BCUT2D eigenvalue weighted by Crippen LogP contribution is -2.77. The normalized spacial score (nSPS) is 16.2. The summed E-state index contributed by atoms with van der Waals surface area (Å²) in [5.41, 5.74) is -32.9. The lowest BCUT2D eigenvalue weighted by atomic mass is 9.81. The first-order valence-corrected chi connectivity index (χ1v) is 17.2. The minimum atomic E-state index is -7.30. The number of esters is 1. The summed E-state index contributed by atoms with van der Waals surface area (Å²) in [5.74, 6) is -32.1. The van der Waals surface area contributed by atoms with Gasteiger partial charge in [0.25, 0.3) is 5.60 Å². The molecular weight excluding hydrogens is 1360 g/mol. The zero-order valence-electron chi connectivity index (χ0n) is 36.7. The highest BCUT2D eigenvalue weighted by molar-refractivity contribution is 5.92. The molecule has 0 saturated carbocycles. The van der Waals surface area contributed by atoms with Crippen LogP contribution in [0.25, 0.3) is 0 Å². The van der Waals surface area contributed by atoms with Gasteiger partial charge < -0.3 is 30.3 Å². The second-order valence-electron chi connectivity index (χ2n) is 14.2. The lowest BCUT2D eigenvalue weighted by Gasteiger charge is -2.46. The molecule has 5 N–H and O–H groups in total. The standard InChI is InChI=1S/C10H7F11O3.C7H5F11O2.C6HF11O2.C3H2F6O.C3F6O.CH4/c1-3-4(22)24-5(2,8(13,14)15)7(11,12)6(23,9(16,17)18)10(19,20)21;1-2(19,5(10,11)12)4(8,9)3(20,6(13,14)15)7(16,17)18;7-2(8,1(18)3(9,10)11)4(19,5(12,13)14)6(15,16)17;2*4-2(5,6)1(10)3(7,8)9;/h3,23H,1H2,2H3;19-20H,1H3;19H;1,10H;;1H4. The molecule has 2 atom stereocenters. The molecule has 0 aliphatic heterocycles. The number of Topliss-reactive ketones (excluding diaryl/α,β-unsaturated/α-hetero) is 2. The molecule has 0 aromatic carbocycles. The third kappa shape index (κ3) is 18.6. The number of ketones is 2. The first-order valence-electron chi connectivity index (χ1n) is 17.2. The Kier molecular flexibility index (Phi) is 27.4. The van der Waals surface area contributed by atoms with Crippen molar-refractivity contribution >= 4 is 17.5 Å². The number of rotatable bonds is 8. The maximum atomic E-state index is 13.8. The molecule has 0 amide bonds. The van der Waals surface area contributed by atoms with Gasteiger partial charge in [-0.05, 0) is 13.8 Å². The van der Waals surface area contributed by atoms with E-state index >= 15 is 0 Å². The van der Waals surface area contributed by atoms with Gasteiger partial charge in [0.05, 0.1) is 0 Å². The summed E-state index contributed by atoms with van der Waals surface area (Å²) in [7, 11) is 0. The van der Waals surface area contributed by atoms with Crippen LogP contribution in [-0.2, 0) is 19.1 Å². The first-order chi connectivity index (χ1) is 34.7. The lowest BCUT2D eigenvalue weighted by molar-refractivity contribution is -0.462. The van der Waals surface area contributed by atoms with Gasteiger partial charge in [-0.15, -0.1) is 0 Å². The molecule has 54 heteroatoms. The topological polar surface area (TPSA) is 162 Å². The molecule has 0 saturated heterocycles. The third-order valence-electron chi connectivity index (χ3n) is 8.28. The Morgan fingerprint density at radius 3 is 0.702 bits per heavy atom. The zero-order chi connectivity index (χ0) is 70.2. The molecule has 0 rings (SSSR count). The van der Waals surface area contributed by atoms with E-state index in [9.17, 15) is 212 Å². The van der Waals surface area contributed by atoms with Crippen LogP contribution in [0.5, 0.6) is 0 Å². The van der Waals surface area contributed by atoms with Crippen LogP contribution in [0.4, 0.5) is 198 Å². The highest BCUT2D eigenvalue weighted by atomic mass is 19.5. The van der Waals surface area contributed by atoms with Crippen LogP contribution in [-0.4, -0.2) is 175 Å².